The Kier molecular flexibility index (Phi) is 2.65. The van der Waals surface area contributed by atoms with E-state index in [1.807, 2.05) is 21.0 Å². The molecule has 0 aromatic heterocycles. The number of nitrogens with zero attached hydrogens (tertiary/aromatic N) is 1. The summed E-state index contributed by atoms with van der Waals surface area (Å²) in [6.45, 7) is 6.01. The van der Waals surface area contributed by atoms with E-state index in [-0.39, 0.29) is 5.41 Å². The Labute approximate surface area is 86.1 Å². The van der Waals surface area contributed by atoms with Gasteiger partial charge in [-0.2, -0.15) is 0 Å². The number of carboxylic acid groups (broad SMARTS) is 1. The third-order valence-corrected chi connectivity index (χ3v) is 4.27. The number of hydrogen-bond acceptors (Lipinski definition) is 2. The van der Waals surface area contributed by atoms with Gasteiger partial charge >= 0.3 is 5.97 Å². The molecular formula is C11H21NO2. The molecule has 0 amide bonds. The first kappa shape index (κ1) is 11.5. The van der Waals surface area contributed by atoms with Crippen LogP contribution in [0.25, 0.3) is 0 Å². The van der Waals surface area contributed by atoms with Crippen LogP contribution >= 0.6 is 0 Å². The van der Waals surface area contributed by atoms with Crippen LogP contribution in [0.4, 0.5) is 0 Å². The molecule has 1 saturated carbocycles. The fourth-order valence-electron chi connectivity index (χ4n) is 2.76. The van der Waals surface area contributed by atoms with Crippen molar-refractivity contribution < 1.29 is 9.90 Å². The predicted octanol–water partition coefficient (Wildman–Crippen LogP) is 1.83. The predicted molar refractivity (Wildman–Crippen MR) is 56.2 cm³/mol. The van der Waals surface area contributed by atoms with Crippen LogP contribution in [0.15, 0.2) is 0 Å². The van der Waals surface area contributed by atoms with Crippen LogP contribution in [0.3, 0.4) is 0 Å². The van der Waals surface area contributed by atoms with E-state index < -0.39 is 11.4 Å². The highest BCUT2D eigenvalue weighted by molar-refractivity contribution is 5.76. The van der Waals surface area contributed by atoms with Gasteiger partial charge in [0, 0.05) is 6.04 Å². The zero-order chi connectivity index (χ0) is 11.1. The Bertz CT molecular complexity index is 248. The van der Waals surface area contributed by atoms with E-state index in [2.05, 4.69) is 18.7 Å². The first-order valence-corrected chi connectivity index (χ1v) is 5.13. The van der Waals surface area contributed by atoms with Crippen molar-refractivity contribution in [2.75, 3.05) is 14.1 Å². The van der Waals surface area contributed by atoms with Crippen LogP contribution < -0.4 is 0 Å². The van der Waals surface area contributed by atoms with Crippen LogP contribution in [-0.2, 0) is 4.79 Å². The lowest BCUT2D eigenvalue weighted by atomic mass is 9.67. The van der Waals surface area contributed by atoms with Crippen LogP contribution in [0.2, 0.25) is 0 Å². The van der Waals surface area contributed by atoms with Gasteiger partial charge in [-0.3, -0.25) is 4.79 Å². The maximum atomic E-state index is 11.3. The molecule has 1 rings (SSSR count). The summed E-state index contributed by atoms with van der Waals surface area (Å²) in [5.74, 6) is -0.660. The zero-order valence-electron chi connectivity index (χ0n) is 9.79. The molecule has 1 fully saturated rings. The Morgan fingerprint density at radius 1 is 1.36 bits per heavy atom. The van der Waals surface area contributed by atoms with Crippen molar-refractivity contribution in [2.24, 2.45) is 10.8 Å². The van der Waals surface area contributed by atoms with E-state index in [9.17, 15) is 9.90 Å². The molecule has 3 heteroatoms. The molecule has 0 saturated heterocycles. The smallest absolute Gasteiger partial charge is 0.309 e. The minimum atomic E-state index is -0.660. The van der Waals surface area contributed by atoms with Crippen molar-refractivity contribution in [3.8, 4) is 0 Å². The van der Waals surface area contributed by atoms with Crippen molar-refractivity contribution in [3.63, 3.8) is 0 Å². The highest BCUT2D eigenvalue weighted by atomic mass is 16.4. The Balaban J connectivity index is 3.02. The monoisotopic (exact) mass is 199 g/mol. The second-order valence-corrected chi connectivity index (χ2v) is 5.38. The summed E-state index contributed by atoms with van der Waals surface area (Å²) in [6, 6.07) is 0.364. The third kappa shape index (κ3) is 1.34. The quantitative estimate of drug-likeness (QED) is 0.737. The average molecular weight is 199 g/mol. The van der Waals surface area contributed by atoms with Crippen molar-refractivity contribution in [3.05, 3.63) is 0 Å². The van der Waals surface area contributed by atoms with E-state index in [0.717, 1.165) is 12.8 Å². The molecule has 0 aromatic rings. The van der Waals surface area contributed by atoms with Crippen LogP contribution in [-0.4, -0.2) is 36.1 Å². The maximum absolute atomic E-state index is 11.3. The average Bonchev–Trinajstić information content (AvgIpc) is 2.24. The van der Waals surface area contributed by atoms with Gasteiger partial charge in [0.05, 0.1) is 5.41 Å². The highest BCUT2D eigenvalue weighted by Gasteiger charge is 2.56. The molecule has 0 heterocycles. The number of aliphatic carboxylic acids is 1. The number of rotatable bonds is 2. The molecule has 0 aliphatic heterocycles. The lowest BCUT2D eigenvalue weighted by Gasteiger charge is -2.41. The third-order valence-electron chi connectivity index (χ3n) is 4.27. The fourth-order valence-corrected chi connectivity index (χ4v) is 2.76. The topological polar surface area (TPSA) is 40.5 Å². The first-order chi connectivity index (χ1) is 6.23. The van der Waals surface area contributed by atoms with Crippen molar-refractivity contribution in [2.45, 2.75) is 39.7 Å². The second-order valence-electron chi connectivity index (χ2n) is 5.38. The van der Waals surface area contributed by atoms with Gasteiger partial charge in [-0.05, 0) is 39.3 Å². The maximum Gasteiger partial charge on any atom is 0.309 e. The number of carboxylic acids is 1. The summed E-state index contributed by atoms with van der Waals surface area (Å²) in [4.78, 5) is 13.4. The highest BCUT2D eigenvalue weighted by Crippen LogP contribution is 2.53. The fraction of sp³-hybridized carbons (Fsp3) is 0.909. The number of hydrogen-bond donors (Lipinski definition) is 1. The van der Waals surface area contributed by atoms with E-state index in [0.29, 0.717) is 6.04 Å². The summed E-state index contributed by atoms with van der Waals surface area (Å²) >= 11 is 0. The van der Waals surface area contributed by atoms with Gasteiger partial charge in [-0.1, -0.05) is 13.8 Å². The molecule has 0 aromatic carbocycles. The van der Waals surface area contributed by atoms with Crippen molar-refractivity contribution in [1.82, 2.24) is 4.90 Å². The zero-order valence-corrected chi connectivity index (χ0v) is 9.79. The molecule has 82 valence electrons. The molecule has 0 spiro atoms. The Morgan fingerprint density at radius 3 is 2.07 bits per heavy atom. The van der Waals surface area contributed by atoms with Gasteiger partial charge in [0.1, 0.15) is 0 Å². The molecule has 1 aliphatic rings. The molecule has 0 bridgehead atoms. The first-order valence-electron chi connectivity index (χ1n) is 5.13. The molecule has 3 nitrogen and oxygen atoms in total. The Morgan fingerprint density at radius 2 is 1.86 bits per heavy atom. The summed E-state index contributed by atoms with van der Waals surface area (Å²) in [5.41, 5.74) is -0.746. The van der Waals surface area contributed by atoms with Gasteiger partial charge in [0.15, 0.2) is 0 Å². The normalized spacial score (nSPS) is 36.3. The molecule has 14 heavy (non-hydrogen) atoms. The molecule has 2 atom stereocenters. The Hall–Kier alpha value is -0.570. The summed E-state index contributed by atoms with van der Waals surface area (Å²) in [5, 5.41) is 9.29. The van der Waals surface area contributed by atoms with Crippen LogP contribution in [0, 0.1) is 10.8 Å². The van der Waals surface area contributed by atoms with E-state index in [1.54, 1.807) is 0 Å². The summed E-state index contributed by atoms with van der Waals surface area (Å²) in [7, 11) is 4.06. The largest absolute Gasteiger partial charge is 0.481 e. The lowest BCUT2D eigenvalue weighted by Crippen LogP contribution is -2.47. The van der Waals surface area contributed by atoms with Crippen LogP contribution in [0.1, 0.15) is 33.6 Å². The molecule has 1 N–H and O–H groups in total. The van der Waals surface area contributed by atoms with E-state index in [4.69, 9.17) is 0 Å². The second kappa shape index (κ2) is 3.23. The van der Waals surface area contributed by atoms with Crippen LogP contribution in [0.5, 0.6) is 0 Å². The summed E-state index contributed by atoms with van der Waals surface area (Å²) in [6.07, 6.45) is 1.75. The standard InChI is InChI=1S/C11H21NO2/c1-10(2)8(12(4)5)6-7-11(10,3)9(13)14/h8H,6-7H2,1-5H3,(H,13,14)/t8-,11-/m1/s1. The van der Waals surface area contributed by atoms with Gasteiger partial charge in [0.2, 0.25) is 0 Å². The van der Waals surface area contributed by atoms with Gasteiger partial charge < -0.3 is 10.0 Å². The van der Waals surface area contributed by atoms with Crippen molar-refractivity contribution >= 4 is 5.97 Å². The lowest BCUT2D eigenvalue weighted by molar-refractivity contribution is -0.154. The van der Waals surface area contributed by atoms with Gasteiger partial charge in [0.25, 0.3) is 0 Å². The molecule has 0 unspecified atom stereocenters. The minimum Gasteiger partial charge on any atom is -0.481 e. The van der Waals surface area contributed by atoms with Gasteiger partial charge in [-0.15, -0.1) is 0 Å². The molecule has 1 aliphatic carbocycles. The van der Waals surface area contributed by atoms with Crippen molar-refractivity contribution in [1.29, 1.82) is 0 Å². The minimum absolute atomic E-state index is 0.164. The molecule has 0 radical (unpaired) electrons. The SMILES string of the molecule is CN(C)[C@@H]1CC[C@](C)(C(=O)O)C1(C)C. The molecular weight excluding hydrogens is 178 g/mol. The number of carbonyl (C=O) groups is 1. The van der Waals surface area contributed by atoms with Gasteiger partial charge in [-0.25, -0.2) is 0 Å². The van der Waals surface area contributed by atoms with E-state index >= 15 is 0 Å². The summed E-state index contributed by atoms with van der Waals surface area (Å²) < 4.78 is 0. The van der Waals surface area contributed by atoms with E-state index in [1.165, 1.54) is 0 Å².